The van der Waals surface area contributed by atoms with Gasteiger partial charge in [-0.2, -0.15) is 0 Å². The number of halogens is 4. The normalized spacial score (nSPS) is 22.5. The second-order valence-electron chi connectivity index (χ2n) is 9.98. The second-order valence-corrected chi connectivity index (χ2v) is 9.98. The number of piperidine rings is 1. The number of pyridine rings is 1. The first-order chi connectivity index (χ1) is 16.8. The molecule has 1 N–H and O–H groups in total. The van der Waals surface area contributed by atoms with Crippen LogP contribution in [-0.2, 0) is 6.42 Å². The molecule has 2 aromatic heterocycles. The molecule has 3 aliphatic rings. The standard InChI is InChI=1S/C26H25F4N3O2/c27-20-13-31-24-22(19-12-14-1-2-17(11-14)23(19)32-24)21(20)15-7-9-33(10-8-15)25(34)16-3-5-18(6-4-16)35-26(28,29)30/h3-6,13-15,17H,1-2,7-12H2,(H,31,32)/t14-,17-/m0/s1. The maximum atomic E-state index is 15.2. The van der Waals surface area contributed by atoms with E-state index in [-0.39, 0.29) is 23.4 Å². The van der Waals surface area contributed by atoms with Gasteiger partial charge in [-0.05, 0) is 86.1 Å². The number of likely N-dealkylation sites (tertiary alicyclic amines) is 1. The molecule has 184 valence electrons. The van der Waals surface area contributed by atoms with Crippen LogP contribution in [-0.4, -0.2) is 40.2 Å². The zero-order chi connectivity index (χ0) is 24.3. The highest BCUT2D eigenvalue weighted by Gasteiger charge is 2.37. The number of alkyl halides is 3. The fraction of sp³-hybridized carbons (Fsp3) is 0.462. The molecule has 1 aliphatic heterocycles. The second kappa shape index (κ2) is 8.24. The summed E-state index contributed by atoms with van der Waals surface area (Å²) in [4.78, 5) is 22.5. The van der Waals surface area contributed by atoms with Crippen LogP contribution in [0.15, 0.2) is 30.5 Å². The molecule has 1 saturated heterocycles. The van der Waals surface area contributed by atoms with Gasteiger partial charge in [0, 0.05) is 35.3 Å². The van der Waals surface area contributed by atoms with Crippen LogP contribution in [0.1, 0.15) is 71.1 Å². The minimum atomic E-state index is -4.78. The van der Waals surface area contributed by atoms with Crippen molar-refractivity contribution in [1.82, 2.24) is 14.9 Å². The summed E-state index contributed by atoms with van der Waals surface area (Å²) >= 11 is 0. The lowest BCUT2D eigenvalue weighted by Gasteiger charge is -2.33. The fourth-order valence-corrected chi connectivity index (χ4v) is 6.36. The van der Waals surface area contributed by atoms with Crippen LogP contribution in [0, 0.1) is 11.7 Å². The summed E-state index contributed by atoms with van der Waals surface area (Å²) in [6, 6.07) is 4.95. The summed E-state index contributed by atoms with van der Waals surface area (Å²) in [5, 5.41) is 0.946. The molecule has 35 heavy (non-hydrogen) atoms. The highest BCUT2D eigenvalue weighted by atomic mass is 19.4. The number of benzene rings is 1. The van der Waals surface area contributed by atoms with Crippen molar-refractivity contribution in [2.45, 2.75) is 56.7 Å². The van der Waals surface area contributed by atoms with Crippen LogP contribution in [0.25, 0.3) is 11.0 Å². The fourth-order valence-electron chi connectivity index (χ4n) is 6.36. The highest BCUT2D eigenvalue weighted by molar-refractivity contribution is 5.94. The monoisotopic (exact) mass is 487 g/mol. The molecule has 0 unspecified atom stereocenters. The van der Waals surface area contributed by atoms with E-state index < -0.39 is 6.36 Å². The van der Waals surface area contributed by atoms with Crippen LogP contribution >= 0.6 is 0 Å². The van der Waals surface area contributed by atoms with Crippen LogP contribution in [0.3, 0.4) is 0 Å². The minimum Gasteiger partial charge on any atom is -0.406 e. The lowest BCUT2D eigenvalue weighted by molar-refractivity contribution is -0.274. The van der Waals surface area contributed by atoms with E-state index >= 15 is 4.39 Å². The van der Waals surface area contributed by atoms with Gasteiger partial charge >= 0.3 is 6.36 Å². The molecular formula is C26H25F4N3O2. The first kappa shape index (κ1) is 22.4. The molecule has 3 heterocycles. The number of nitrogens with zero attached hydrogens (tertiary/aromatic N) is 2. The van der Waals surface area contributed by atoms with Crippen LogP contribution in [0.5, 0.6) is 5.75 Å². The van der Waals surface area contributed by atoms with Gasteiger partial charge in [0.15, 0.2) is 0 Å². The predicted octanol–water partition coefficient (Wildman–Crippen LogP) is 6.06. The van der Waals surface area contributed by atoms with Crippen molar-refractivity contribution in [3.63, 3.8) is 0 Å². The Bertz CT molecular complexity index is 1280. The third-order valence-electron chi connectivity index (χ3n) is 7.92. The Morgan fingerprint density at radius 1 is 1.06 bits per heavy atom. The summed E-state index contributed by atoms with van der Waals surface area (Å²) < 4.78 is 56.2. The van der Waals surface area contributed by atoms with Crippen LogP contribution in [0.4, 0.5) is 17.6 Å². The lowest BCUT2D eigenvalue weighted by Crippen LogP contribution is -2.38. The molecular weight excluding hydrogens is 462 g/mol. The maximum Gasteiger partial charge on any atom is 0.573 e. The van der Waals surface area contributed by atoms with Gasteiger partial charge < -0.3 is 14.6 Å². The van der Waals surface area contributed by atoms with E-state index in [2.05, 4.69) is 14.7 Å². The summed E-state index contributed by atoms with van der Waals surface area (Å²) in [5.41, 5.74) is 4.25. The smallest absolute Gasteiger partial charge is 0.406 e. The summed E-state index contributed by atoms with van der Waals surface area (Å²) in [7, 11) is 0. The first-order valence-corrected chi connectivity index (χ1v) is 12.1. The number of rotatable bonds is 3. The largest absolute Gasteiger partial charge is 0.573 e. The number of amides is 1. The molecule has 0 radical (unpaired) electrons. The van der Waals surface area contributed by atoms with Crippen molar-refractivity contribution < 1.29 is 27.1 Å². The Morgan fingerprint density at radius 3 is 2.51 bits per heavy atom. The van der Waals surface area contributed by atoms with Gasteiger partial charge in [0.05, 0.1) is 6.20 Å². The number of carbonyl (C=O) groups excluding carboxylic acids is 1. The highest BCUT2D eigenvalue weighted by Crippen LogP contribution is 2.49. The number of aromatic nitrogens is 2. The number of hydrogen-bond acceptors (Lipinski definition) is 3. The van der Waals surface area contributed by atoms with E-state index in [9.17, 15) is 18.0 Å². The van der Waals surface area contributed by atoms with Crippen molar-refractivity contribution >= 4 is 16.9 Å². The molecule has 9 heteroatoms. The van der Waals surface area contributed by atoms with Gasteiger partial charge in [-0.25, -0.2) is 9.37 Å². The Kier molecular flexibility index (Phi) is 5.27. The van der Waals surface area contributed by atoms with Crippen molar-refractivity contribution in [2.75, 3.05) is 13.1 Å². The van der Waals surface area contributed by atoms with Crippen LogP contribution in [0.2, 0.25) is 0 Å². The van der Waals surface area contributed by atoms with E-state index in [1.165, 1.54) is 48.8 Å². The van der Waals surface area contributed by atoms with E-state index in [1.54, 1.807) is 4.90 Å². The molecule has 2 fully saturated rings. The van der Waals surface area contributed by atoms with Gasteiger partial charge in [-0.1, -0.05) is 0 Å². The summed E-state index contributed by atoms with van der Waals surface area (Å²) in [5.74, 6) is 0.247. The van der Waals surface area contributed by atoms with E-state index in [1.807, 2.05) is 0 Å². The van der Waals surface area contributed by atoms with Crippen LogP contribution < -0.4 is 4.74 Å². The summed E-state index contributed by atoms with van der Waals surface area (Å²) in [6.45, 7) is 0.900. The number of hydrogen-bond donors (Lipinski definition) is 1. The number of carbonyl (C=O) groups is 1. The third kappa shape index (κ3) is 4.04. The number of aromatic amines is 1. The van der Waals surface area contributed by atoms with Gasteiger partial charge in [-0.3, -0.25) is 4.79 Å². The average Bonchev–Trinajstić information content (AvgIpc) is 3.40. The molecule has 2 bridgehead atoms. The molecule has 5 nitrogen and oxygen atoms in total. The molecule has 1 amide bonds. The van der Waals surface area contributed by atoms with Crippen molar-refractivity contribution in [2.24, 2.45) is 5.92 Å². The van der Waals surface area contributed by atoms with E-state index in [0.29, 0.717) is 43.3 Å². The Labute approximate surface area is 199 Å². The summed E-state index contributed by atoms with van der Waals surface area (Å²) in [6.07, 6.45) is 2.31. The number of H-pyrrole nitrogens is 1. The Morgan fingerprint density at radius 2 is 1.80 bits per heavy atom. The lowest BCUT2D eigenvalue weighted by atomic mass is 9.82. The first-order valence-electron chi connectivity index (χ1n) is 12.1. The van der Waals surface area contributed by atoms with Gasteiger partial charge in [-0.15, -0.1) is 13.2 Å². The molecule has 2 aliphatic carbocycles. The zero-order valence-corrected chi connectivity index (χ0v) is 19.0. The average molecular weight is 487 g/mol. The SMILES string of the molecule is O=C(c1ccc(OC(F)(F)F)cc1)N1CCC(c2c(F)cnc3[nH]c4c(c23)C[C@H]2CC[C@H]4C2)CC1. The molecule has 1 saturated carbocycles. The van der Waals surface area contributed by atoms with Gasteiger partial charge in [0.2, 0.25) is 0 Å². The van der Waals surface area contributed by atoms with E-state index in [4.69, 9.17) is 0 Å². The molecule has 2 atom stereocenters. The minimum absolute atomic E-state index is 0.0217. The van der Waals surface area contributed by atoms with E-state index in [0.717, 1.165) is 35.2 Å². The Hall–Kier alpha value is -3.10. The third-order valence-corrected chi connectivity index (χ3v) is 7.92. The number of nitrogens with one attached hydrogen (secondary N) is 1. The van der Waals surface area contributed by atoms with Gasteiger partial charge in [0.25, 0.3) is 5.91 Å². The Balaban J connectivity index is 1.20. The molecule has 6 rings (SSSR count). The molecule has 0 spiro atoms. The van der Waals surface area contributed by atoms with Crippen molar-refractivity contribution in [3.05, 3.63) is 58.7 Å². The predicted molar refractivity (Wildman–Crippen MR) is 121 cm³/mol. The zero-order valence-electron chi connectivity index (χ0n) is 19.0. The molecule has 3 aromatic rings. The number of ether oxygens (including phenoxy) is 1. The topological polar surface area (TPSA) is 58.2 Å². The molecule has 1 aromatic carbocycles. The maximum absolute atomic E-state index is 15.2. The van der Waals surface area contributed by atoms with Crippen molar-refractivity contribution in [3.8, 4) is 5.75 Å². The van der Waals surface area contributed by atoms with Gasteiger partial charge in [0.1, 0.15) is 17.2 Å². The van der Waals surface area contributed by atoms with Crippen molar-refractivity contribution in [1.29, 1.82) is 0 Å². The number of fused-ring (bicyclic) bond motifs is 6. The quantitative estimate of drug-likeness (QED) is 0.457.